The van der Waals surface area contributed by atoms with Gasteiger partial charge in [-0.1, -0.05) is 0 Å². The summed E-state index contributed by atoms with van der Waals surface area (Å²) in [6, 6.07) is 5.58. The van der Waals surface area contributed by atoms with Gasteiger partial charge in [0.2, 0.25) is 0 Å². The molecule has 1 N–H and O–H groups in total. The minimum Gasteiger partial charge on any atom is -0.406 e. The van der Waals surface area contributed by atoms with Crippen LogP contribution in [0.1, 0.15) is 18.7 Å². The first-order chi connectivity index (χ1) is 8.94. The van der Waals surface area contributed by atoms with Crippen molar-refractivity contribution in [3.63, 3.8) is 0 Å². The van der Waals surface area contributed by atoms with Crippen LogP contribution < -0.4 is 10.1 Å². The summed E-state index contributed by atoms with van der Waals surface area (Å²) in [5.41, 5.74) is 3.32. The Labute approximate surface area is 112 Å². The predicted molar refractivity (Wildman–Crippen MR) is 67.3 cm³/mol. The number of anilines is 1. The van der Waals surface area contributed by atoms with E-state index in [2.05, 4.69) is 15.0 Å². The van der Waals surface area contributed by atoms with E-state index in [0.29, 0.717) is 5.69 Å². The third-order valence-electron chi connectivity index (χ3n) is 2.37. The topological polar surface area (TPSA) is 34.1 Å². The number of thiazole rings is 1. The van der Waals surface area contributed by atoms with Crippen molar-refractivity contribution in [3.05, 3.63) is 40.8 Å². The van der Waals surface area contributed by atoms with Crippen LogP contribution in [-0.4, -0.2) is 11.3 Å². The van der Waals surface area contributed by atoms with Gasteiger partial charge in [-0.05, 0) is 31.2 Å². The summed E-state index contributed by atoms with van der Waals surface area (Å²) in [6.45, 7) is 1.93. The summed E-state index contributed by atoms with van der Waals surface area (Å²) in [4.78, 5) is 4.16. The van der Waals surface area contributed by atoms with Crippen LogP contribution in [-0.2, 0) is 0 Å². The molecule has 0 fully saturated rings. The summed E-state index contributed by atoms with van der Waals surface area (Å²) < 4.78 is 39.8. The van der Waals surface area contributed by atoms with E-state index < -0.39 is 6.36 Å². The number of aromatic nitrogens is 1. The van der Waals surface area contributed by atoms with Gasteiger partial charge in [-0.2, -0.15) is 0 Å². The average molecular weight is 288 g/mol. The SMILES string of the molecule is CC(Nc1ccc(OC(F)(F)F)cc1)c1cscn1. The molecule has 0 saturated heterocycles. The molecule has 0 amide bonds. The molecule has 0 saturated carbocycles. The molecule has 0 spiro atoms. The van der Waals surface area contributed by atoms with E-state index in [1.165, 1.54) is 35.6 Å². The fraction of sp³-hybridized carbons (Fsp3) is 0.250. The first-order valence-electron chi connectivity index (χ1n) is 5.44. The highest BCUT2D eigenvalue weighted by molar-refractivity contribution is 7.07. The van der Waals surface area contributed by atoms with E-state index in [1.54, 1.807) is 5.51 Å². The smallest absolute Gasteiger partial charge is 0.406 e. The van der Waals surface area contributed by atoms with Crippen LogP contribution in [0.15, 0.2) is 35.2 Å². The molecule has 1 atom stereocenters. The second-order valence-corrected chi connectivity index (χ2v) is 4.57. The summed E-state index contributed by atoms with van der Waals surface area (Å²) >= 11 is 1.49. The minimum absolute atomic E-state index is 0.0133. The quantitative estimate of drug-likeness (QED) is 0.915. The Morgan fingerprint density at radius 3 is 2.47 bits per heavy atom. The molecule has 3 nitrogen and oxygen atoms in total. The molecule has 19 heavy (non-hydrogen) atoms. The third kappa shape index (κ3) is 4.13. The summed E-state index contributed by atoms with van der Waals surface area (Å²) in [5.74, 6) is -0.237. The molecule has 2 rings (SSSR count). The highest BCUT2D eigenvalue weighted by atomic mass is 32.1. The molecule has 0 aliphatic carbocycles. The molecule has 2 aromatic rings. The maximum absolute atomic E-state index is 12.0. The second-order valence-electron chi connectivity index (χ2n) is 3.85. The Hall–Kier alpha value is -1.76. The van der Waals surface area contributed by atoms with Crippen molar-refractivity contribution in [2.45, 2.75) is 19.3 Å². The van der Waals surface area contributed by atoms with Gasteiger partial charge >= 0.3 is 6.36 Å². The molecule has 7 heteroatoms. The van der Waals surface area contributed by atoms with Gasteiger partial charge in [0.05, 0.1) is 17.2 Å². The van der Waals surface area contributed by atoms with Crippen LogP contribution in [0.5, 0.6) is 5.75 Å². The molecule has 0 aliphatic heterocycles. The lowest BCUT2D eigenvalue weighted by Gasteiger charge is -2.14. The van der Waals surface area contributed by atoms with Crippen molar-refractivity contribution >= 4 is 17.0 Å². The summed E-state index contributed by atoms with van der Waals surface area (Å²) in [7, 11) is 0. The minimum atomic E-state index is -4.66. The standard InChI is InChI=1S/C12H11F3N2OS/c1-8(11-6-19-7-16-11)17-9-2-4-10(5-3-9)18-12(13,14)15/h2-8,17H,1H3. The van der Waals surface area contributed by atoms with Crippen LogP contribution in [0.25, 0.3) is 0 Å². The van der Waals surface area contributed by atoms with Gasteiger partial charge in [0.1, 0.15) is 5.75 Å². The van der Waals surface area contributed by atoms with Gasteiger partial charge < -0.3 is 10.1 Å². The maximum Gasteiger partial charge on any atom is 0.573 e. The molecule has 1 unspecified atom stereocenters. The zero-order valence-electron chi connectivity index (χ0n) is 9.94. The highest BCUT2D eigenvalue weighted by Crippen LogP contribution is 2.25. The summed E-state index contributed by atoms with van der Waals surface area (Å²) in [5, 5.41) is 5.06. The third-order valence-corrected chi connectivity index (χ3v) is 2.97. The molecule has 1 aromatic carbocycles. The Kier molecular flexibility index (Phi) is 3.94. The van der Waals surface area contributed by atoms with E-state index >= 15 is 0 Å². The number of benzene rings is 1. The fourth-order valence-electron chi connectivity index (χ4n) is 1.51. The van der Waals surface area contributed by atoms with Crippen molar-refractivity contribution in [1.29, 1.82) is 0 Å². The van der Waals surface area contributed by atoms with Crippen molar-refractivity contribution in [2.75, 3.05) is 5.32 Å². The van der Waals surface area contributed by atoms with E-state index in [1.807, 2.05) is 12.3 Å². The zero-order chi connectivity index (χ0) is 13.9. The molecular weight excluding hydrogens is 277 g/mol. The van der Waals surface area contributed by atoms with Crippen molar-refractivity contribution in [2.24, 2.45) is 0 Å². The van der Waals surface area contributed by atoms with E-state index in [4.69, 9.17) is 0 Å². The van der Waals surface area contributed by atoms with Gasteiger partial charge in [0.15, 0.2) is 0 Å². The van der Waals surface area contributed by atoms with Crippen molar-refractivity contribution in [1.82, 2.24) is 4.98 Å². The van der Waals surface area contributed by atoms with Crippen LogP contribution >= 0.6 is 11.3 Å². The van der Waals surface area contributed by atoms with E-state index in [-0.39, 0.29) is 11.8 Å². The second kappa shape index (κ2) is 5.48. The maximum atomic E-state index is 12.0. The Morgan fingerprint density at radius 1 is 1.26 bits per heavy atom. The number of nitrogens with one attached hydrogen (secondary N) is 1. The van der Waals surface area contributed by atoms with Crippen molar-refractivity contribution < 1.29 is 17.9 Å². The Morgan fingerprint density at radius 2 is 1.95 bits per heavy atom. The number of hydrogen-bond donors (Lipinski definition) is 1. The van der Waals surface area contributed by atoms with Gasteiger partial charge in [0, 0.05) is 11.1 Å². The van der Waals surface area contributed by atoms with Crippen LogP contribution in [0.4, 0.5) is 18.9 Å². The normalized spacial score (nSPS) is 13.1. The van der Waals surface area contributed by atoms with Crippen molar-refractivity contribution in [3.8, 4) is 5.75 Å². The van der Waals surface area contributed by atoms with Gasteiger partial charge in [0.25, 0.3) is 0 Å². The van der Waals surface area contributed by atoms with E-state index in [0.717, 1.165) is 5.69 Å². The first kappa shape index (κ1) is 13.7. The monoisotopic (exact) mass is 288 g/mol. The molecule has 0 aliphatic rings. The highest BCUT2D eigenvalue weighted by Gasteiger charge is 2.30. The van der Waals surface area contributed by atoms with Crippen LogP contribution in [0, 0.1) is 0 Å². The number of halogens is 3. The van der Waals surface area contributed by atoms with E-state index in [9.17, 15) is 13.2 Å². The number of ether oxygens (including phenoxy) is 1. The van der Waals surface area contributed by atoms with Crippen LogP contribution in [0.2, 0.25) is 0 Å². The number of rotatable bonds is 4. The van der Waals surface area contributed by atoms with Crippen LogP contribution in [0.3, 0.4) is 0 Å². The molecule has 102 valence electrons. The number of alkyl halides is 3. The number of hydrogen-bond acceptors (Lipinski definition) is 4. The van der Waals surface area contributed by atoms with Gasteiger partial charge in [-0.15, -0.1) is 24.5 Å². The first-order valence-corrected chi connectivity index (χ1v) is 6.39. The molecule has 0 bridgehead atoms. The van der Waals surface area contributed by atoms with Gasteiger partial charge in [-0.25, -0.2) is 4.98 Å². The Bertz CT molecular complexity index is 511. The molecule has 1 heterocycles. The molecule has 1 aromatic heterocycles. The lowest BCUT2D eigenvalue weighted by Crippen LogP contribution is -2.17. The average Bonchev–Trinajstić information content (AvgIpc) is 2.83. The van der Waals surface area contributed by atoms with Gasteiger partial charge in [-0.3, -0.25) is 0 Å². The lowest BCUT2D eigenvalue weighted by molar-refractivity contribution is -0.274. The number of nitrogens with zero attached hydrogens (tertiary/aromatic N) is 1. The molecule has 0 radical (unpaired) electrons. The predicted octanol–water partition coefficient (Wildman–Crippen LogP) is 4.21. The zero-order valence-corrected chi connectivity index (χ0v) is 10.8. The fourth-order valence-corrected chi connectivity index (χ4v) is 2.16. The lowest BCUT2D eigenvalue weighted by atomic mass is 10.2. The Balaban J connectivity index is 1.99. The largest absolute Gasteiger partial charge is 0.573 e. The molecular formula is C12H11F3N2OS. The summed E-state index contributed by atoms with van der Waals surface area (Å²) in [6.07, 6.45) is -4.66.